The lowest BCUT2D eigenvalue weighted by Crippen LogP contribution is -2.47. The first kappa shape index (κ1) is 22.5. The Morgan fingerprint density at radius 1 is 1.13 bits per heavy atom. The van der Waals surface area contributed by atoms with E-state index in [4.69, 9.17) is 20.7 Å². The number of terminal acetylenes is 1. The molecule has 1 amide bonds. The van der Waals surface area contributed by atoms with Crippen molar-refractivity contribution in [2.75, 3.05) is 6.61 Å². The minimum atomic E-state index is -1.17. The summed E-state index contributed by atoms with van der Waals surface area (Å²) in [6.07, 6.45) is 4.39. The van der Waals surface area contributed by atoms with E-state index in [9.17, 15) is 19.8 Å². The molecule has 160 valence electrons. The number of benzene rings is 1. The Balaban J connectivity index is 2.16. The number of alkyl carbamates (subject to hydrolysis) is 1. The van der Waals surface area contributed by atoms with Crippen LogP contribution in [0.4, 0.5) is 4.79 Å². The van der Waals surface area contributed by atoms with E-state index in [2.05, 4.69) is 11.2 Å². The Bertz CT molecular complexity index is 901. The Labute approximate surface area is 174 Å². The van der Waals surface area contributed by atoms with Gasteiger partial charge < -0.3 is 29.8 Å². The van der Waals surface area contributed by atoms with E-state index < -0.39 is 35.5 Å². The van der Waals surface area contributed by atoms with E-state index in [-0.39, 0.29) is 13.0 Å². The maximum Gasteiger partial charge on any atom is 0.408 e. The number of aromatic nitrogens is 1. The second-order valence-corrected chi connectivity index (χ2v) is 7.29. The third-order valence-corrected chi connectivity index (χ3v) is 3.64. The zero-order chi connectivity index (χ0) is 22.3. The number of aromatic hydroxyl groups is 2. The van der Waals surface area contributed by atoms with Crippen molar-refractivity contribution in [3.8, 4) is 29.9 Å². The summed E-state index contributed by atoms with van der Waals surface area (Å²) in [6, 6.07) is 7.87. The van der Waals surface area contributed by atoms with Crippen LogP contribution in [0.2, 0.25) is 0 Å². The summed E-state index contributed by atoms with van der Waals surface area (Å²) in [5.41, 5.74) is -0.0899. The molecule has 0 aliphatic rings. The molecule has 1 aromatic carbocycles. The van der Waals surface area contributed by atoms with Crippen molar-refractivity contribution < 1.29 is 34.1 Å². The third-order valence-electron chi connectivity index (χ3n) is 3.64. The first-order chi connectivity index (χ1) is 14.1. The Morgan fingerprint density at radius 2 is 1.73 bits per heavy atom. The predicted molar refractivity (Wildman–Crippen MR) is 107 cm³/mol. The van der Waals surface area contributed by atoms with E-state index in [1.165, 1.54) is 0 Å². The van der Waals surface area contributed by atoms with Crippen molar-refractivity contribution in [2.24, 2.45) is 0 Å². The van der Waals surface area contributed by atoms with Gasteiger partial charge in [-0.25, -0.2) is 9.59 Å². The number of carbonyl (C=O) groups is 2. The van der Waals surface area contributed by atoms with Gasteiger partial charge in [-0.15, -0.1) is 11.2 Å². The summed E-state index contributed by atoms with van der Waals surface area (Å²) >= 11 is 0. The molecule has 3 N–H and O–H groups in total. The predicted octanol–water partition coefficient (Wildman–Crippen LogP) is 2.00. The lowest BCUT2D eigenvalue weighted by Gasteiger charge is -2.23. The molecule has 0 spiro atoms. The number of hydrogen-bond donors (Lipinski definition) is 3. The van der Waals surface area contributed by atoms with Gasteiger partial charge in [-0.05, 0) is 38.5 Å². The number of rotatable bonds is 7. The average Bonchev–Trinajstić information content (AvgIpc) is 2.97. The SMILES string of the molecule is C#CCOc1ccc(C[C@H](NC(=O)OC(C)(C)C)C(=O)On2c(O)ccc2O)cc1. The first-order valence-electron chi connectivity index (χ1n) is 9.05. The average molecular weight is 416 g/mol. The van der Waals surface area contributed by atoms with Gasteiger partial charge in [0, 0.05) is 18.6 Å². The van der Waals surface area contributed by atoms with Crippen molar-refractivity contribution in [3.63, 3.8) is 0 Å². The van der Waals surface area contributed by atoms with Gasteiger partial charge in [0.1, 0.15) is 24.0 Å². The van der Waals surface area contributed by atoms with Crippen molar-refractivity contribution in [1.82, 2.24) is 10.0 Å². The zero-order valence-corrected chi connectivity index (χ0v) is 16.9. The standard InChI is InChI=1S/C21H24N2O7/c1-5-12-28-15-8-6-14(7-9-15)13-16(22-20(27)29-21(2,3)4)19(26)30-23-17(24)10-11-18(23)25/h1,6-11,16,24-25H,12-13H2,2-4H3,(H,22,27)/t16-/m0/s1. The van der Waals surface area contributed by atoms with Crippen LogP contribution in [0.15, 0.2) is 36.4 Å². The number of carbonyl (C=O) groups excluding carboxylic acids is 2. The molecule has 1 atom stereocenters. The molecule has 2 rings (SSSR count). The summed E-state index contributed by atoms with van der Waals surface area (Å²) in [6.45, 7) is 5.18. The van der Waals surface area contributed by atoms with Crippen molar-refractivity contribution in [3.05, 3.63) is 42.0 Å². The van der Waals surface area contributed by atoms with Gasteiger partial charge in [0.05, 0.1) is 0 Å². The van der Waals surface area contributed by atoms with Gasteiger partial charge in [0.2, 0.25) is 11.8 Å². The highest BCUT2D eigenvalue weighted by molar-refractivity contribution is 5.82. The number of ether oxygens (including phenoxy) is 2. The lowest BCUT2D eigenvalue weighted by atomic mass is 10.1. The lowest BCUT2D eigenvalue weighted by molar-refractivity contribution is -0.148. The minimum absolute atomic E-state index is 0.0519. The quantitative estimate of drug-likeness (QED) is 0.591. The molecule has 0 bridgehead atoms. The second kappa shape index (κ2) is 9.60. The smallest absolute Gasteiger partial charge is 0.408 e. The van der Waals surface area contributed by atoms with Gasteiger partial charge in [0.15, 0.2) is 0 Å². The zero-order valence-electron chi connectivity index (χ0n) is 16.9. The Kier molecular flexibility index (Phi) is 7.20. The summed E-state index contributed by atoms with van der Waals surface area (Å²) in [7, 11) is 0. The fourth-order valence-corrected chi connectivity index (χ4v) is 2.37. The van der Waals surface area contributed by atoms with Gasteiger partial charge in [0.25, 0.3) is 0 Å². The molecule has 0 saturated heterocycles. The highest BCUT2D eigenvalue weighted by Crippen LogP contribution is 2.19. The number of nitrogens with one attached hydrogen (secondary N) is 1. The maximum absolute atomic E-state index is 12.6. The number of amides is 1. The van der Waals surface area contributed by atoms with Crippen LogP contribution in [-0.4, -0.2) is 45.3 Å². The Hall–Kier alpha value is -3.80. The van der Waals surface area contributed by atoms with Gasteiger partial charge in [-0.3, -0.25) is 0 Å². The van der Waals surface area contributed by atoms with E-state index >= 15 is 0 Å². The van der Waals surface area contributed by atoms with Crippen LogP contribution in [-0.2, 0) is 16.0 Å². The second-order valence-electron chi connectivity index (χ2n) is 7.29. The number of nitrogens with zero attached hydrogens (tertiary/aromatic N) is 1. The molecule has 1 heterocycles. The molecular weight excluding hydrogens is 392 g/mol. The fraction of sp³-hybridized carbons (Fsp3) is 0.333. The van der Waals surface area contributed by atoms with Crippen LogP contribution >= 0.6 is 0 Å². The molecule has 0 saturated carbocycles. The molecule has 30 heavy (non-hydrogen) atoms. The molecule has 9 nitrogen and oxygen atoms in total. The molecule has 0 aliphatic carbocycles. The molecule has 0 aliphatic heterocycles. The first-order valence-corrected chi connectivity index (χ1v) is 9.05. The van der Waals surface area contributed by atoms with Crippen LogP contribution in [0.5, 0.6) is 17.5 Å². The highest BCUT2D eigenvalue weighted by Gasteiger charge is 2.28. The van der Waals surface area contributed by atoms with E-state index in [0.717, 1.165) is 12.1 Å². The van der Waals surface area contributed by atoms with Crippen molar-refractivity contribution >= 4 is 12.1 Å². The summed E-state index contributed by atoms with van der Waals surface area (Å²) in [5.74, 6) is 1.03. The maximum atomic E-state index is 12.6. The summed E-state index contributed by atoms with van der Waals surface area (Å²) < 4.78 is 11.0. The molecule has 0 fully saturated rings. The third kappa shape index (κ3) is 6.67. The summed E-state index contributed by atoms with van der Waals surface area (Å²) in [4.78, 5) is 29.9. The van der Waals surface area contributed by atoms with E-state index in [0.29, 0.717) is 16.0 Å². The Morgan fingerprint density at radius 3 is 2.27 bits per heavy atom. The normalized spacial score (nSPS) is 11.8. The number of hydrogen-bond acceptors (Lipinski definition) is 7. The largest absolute Gasteiger partial charge is 0.492 e. The monoisotopic (exact) mass is 416 g/mol. The molecule has 0 unspecified atom stereocenters. The van der Waals surface area contributed by atoms with E-state index in [1.54, 1.807) is 45.0 Å². The molecular formula is C21H24N2O7. The highest BCUT2D eigenvalue weighted by atomic mass is 16.7. The molecule has 9 heteroatoms. The molecule has 2 aromatic rings. The van der Waals surface area contributed by atoms with E-state index in [1.807, 2.05) is 0 Å². The fourth-order valence-electron chi connectivity index (χ4n) is 2.37. The van der Waals surface area contributed by atoms with Gasteiger partial charge in [-0.1, -0.05) is 18.1 Å². The van der Waals surface area contributed by atoms with Crippen molar-refractivity contribution in [2.45, 2.75) is 38.8 Å². The van der Waals surface area contributed by atoms with Crippen LogP contribution in [0.1, 0.15) is 26.3 Å². The molecule has 1 aromatic heterocycles. The molecule has 0 radical (unpaired) electrons. The van der Waals surface area contributed by atoms with Gasteiger partial charge >= 0.3 is 12.1 Å². The van der Waals surface area contributed by atoms with Crippen LogP contribution in [0, 0.1) is 12.3 Å². The summed E-state index contributed by atoms with van der Waals surface area (Å²) in [5, 5.41) is 21.8. The topological polar surface area (TPSA) is 119 Å². The van der Waals surface area contributed by atoms with Crippen LogP contribution in [0.25, 0.3) is 0 Å². The van der Waals surface area contributed by atoms with Crippen LogP contribution in [0.3, 0.4) is 0 Å². The van der Waals surface area contributed by atoms with Crippen molar-refractivity contribution in [1.29, 1.82) is 0 Å². The van der Waals surface area contributed by atoms with Crippen LogP contribution < -0.4 is 14.9 Å². The van der Waals surface area contributed by atoms with Gasteiger partial charge in [-0.2, -0.15) is 0 Å². The minimum Gasteiger partial charge on any atom is -0.492 e.